The van der Waals surface area contributed by atoms with Crippen LogP contribution in [0.1, 0.15) is 13.8 Å². The Kier molecular flexibility index (Phi) is 5.65. The first-order valence-electron chi connectivity index (χ1n) is 5.54. The molecule has 0 radical (unpaired) electrons. The Morgan fingerprint density at radius 3 is 2.65 bits per heavy atom. The van der Waals surface area contributed by atoms with E-state index in [1.807, 2.05) is 13.8 Å². The zero-order chi connectivity index (χ0) is 12.8. The maximum absolute atomic E-state index is 11.8. The van der Waals surface area contributed by atoms with Gasteiger partial charge in [0.15, 0.2) is 0 Å². The van der Waals surface area contributed by atoms with Gasteiger partial charge in [-0.05, 0) is 32.0 Å². The molecule has 17 heavy (non-hydrogen) atoms. The van der Waals surface area contributed by atoms with Crippen LogP contribution in [0.15, 0.2) is 23.1 Å². The number of rotatable bonds is 5. The lowest BCUT2D eigenvalue weighted by molar-refractivity contribution is -0.127. The van der Waals surface area contributed by atoms with Crippen LogP contribution in [0, 0.1) is 0 Å². The van der Waals surface area contributed by atoms with E-state index < -0.39 is 0 Å². The van der Waals surface area contributed by atoms with Crippen LogP contribution in [-0.2, 0) is 4.79 Å². The summed E-state index contributed by atoms with van der Waals surface area (Å²) < 4.78 is 0. The van der Waals surface area contributed by atoms with Gasteiger partial charge in [-0.15, -0.1) is 11.8 Å². The quantitative estimate of drug-likeness (QED) is 0.662. The number of anilines is 1. The van der Waals surface area contributed by atoms with Crippen LogP contribution in [0.4, 0.5) is 5.69 Å². The van der Waals surface area contributed by atoms with Gasteiger partial charge in [-0.3, -0.25) is 4.79 Å². The van der Waals surface area contributed by atoms with Gasteiger partial charge >= 0.3 is 0 Å². The Labute approximate surface area is 111 Å². The molecule has 0 saturated carbocycles. The number of nitrogen functional groups attached to an aromatic ring is 1. The molecule has 0 spiro atoms. The third kappa shape index (κ3) is 4.13. The minimum atomic E-state index is 0.124. The van der Waals surface area contributed by atoms with Gasteiger partial charge in [-0.25, -0.2) is 0 Å². The number of carbonyl (C=O) groups excluding carboxylic acids is 1. The first-order chi connectivity index (χ1) is 8.08. The Balaban J connectivity index is 2.61. The molecule has 0 unspecified atom stereocenters. The fraction of sp³-hybridized carbons (Fsp3) is 0.417. The van der Waals surface area contributed by atoms with Crippen molar-refractivity contribution in [2.24, 2.45) is 0 Å². The Bertz CT molecular complexity index is 394. The molecule has 1 amide bonds. The van der Waals surface area contributed by atoms with Gasteiger partial charge in [0.2, 0.25) is 5.91 Å². The second-order valence-corrected chi connectivity index (χ2v) is 4.97. The first-order valence-corrected chi connectivity index (χ1v) is 6.90. The normalized spacial score (nSPS) is 10.3. The second-order valence-electron chi connectivity index (χ2n) is 3.54. The third-order valence-corrected chi connectivity index (χ3v) is 3.90. The van der Waals surface area contributed by atoms with Crippen molar-refractivity contribution in [2.45, 2.75) is 18.7 Å². The van der Waals surface area contributed by atoms with E-state index in [9.17, 15) is 4.79 Å². The monoisotopic (exact) mass is 272 g/mol. The lowest BCUT2D eigenvalue weighted by atomic mass is 10.3. The van der Waals surface area contributed by atoms with Crippen LogP contribution in [0.3, 0.4) is 0 Å². The summed E-state index contributed by atoms with van der Waals surface area (Å²) in [6.07, 6.45) is 0. The largest absolute Gasteiger partial charge is 0.399 e. The number of carbonyl (C=O) groups is 1. The minimum Gasteiger partial charge on any atom is -0.399 e. The van der Waals surface area contributed by atoms with Gasteiger partial charge in [-0.2, -0.15) is 0 Å². The standard InChI is InChI=1S/C12H17ClN2OS/c1-3-15(4-2)12(16)8-17-11-7-9(14)5-6-10(11)13/h5-7H,3-4,8,14H2,1-2H3. The van der Waals surface area contributed by atoms with E-state index in [1.165, 1.54) is 11.8 Å². The Morgan fingerprint density at radius 2 is 2.06 bits per heavy atom. The third-order valence-electron chi connectivity index (χ3n) is 2.42. The molecule has 1 rings (SSSR count). The van der Waals surface area contributed by atoms with Crippen LogP contribution >= 0.6 is 23.4 Å². The van der Waals surface area contributed by atoms with Crippen LogP contribution in [-0.4, -0.2) is 29.6 Å². The Morgan fingerprint density at radius 1 is 1.41 bits per heavy atom. The van der Waals surface area contributed by atoms with Gasteiger partial charge in [0.1, 0.15) is 0 Å². The average molecular weight is 273 g/mol. The summed E-state index contributed by atoms with van der Waals surface area (Å²) in [4.78, 5) is 14.5. The molecule has 0 bridgehead atoms. The number of amides is 1. The number of thioether (sulfide) groups is 1. The number of hydrogen-bond donors (Lipinski definition) is 1. The van der Waals surface area contributed by atoms with Gasteiger partial charge in [0.05, 0.1) is 10.8 Å². The molecule has 0 saturated heterocycles. The molecule has 1 aromatic rings. The van der Waals surface area contributed by atoms with Crippen LogP contribution in [0.2, 0.25) is 5.02 Å². The zero-order valence-electron chi connectivity index (χ0n) is 10.1. The van der Waals surface area contributed by atoms with Crippen molar-refractivity contribution in [3.8, 4) is 0 Å². The summed E-state index contributed by atoms with van der Waals surface area (Å²) in [5, 5.41) is 0.636. The molecule has 3 nitrogen and oxygen atoms in total. The van der Waals surface area contributed by atoms with Crippen LogP contribution < -0.4 is 5.73 Å². The highest BCUT2D eigenvalue weighted by atomic mass is 35.5. The number of nitrogens with two attached hydrogens (primary N) is 1. The molecule has 0 atom stereocenters. The van der Waals surface area contributed by atoms with Crippen molar-refractivity contribution in [2.75, 3.05) is 24.6 Å². The smallest absolute Gasteiger partial charge is 0.232 e. The fourth-order valence-corrected chi connectivity index (χ4v) is 2.61. The molecule has 5 heteroatoms. The predicted octanol–water partition coefficient (Wildman–Crippen LogP) is 2.88. The van der Waals surface area contributed by atoms with Crippen molar-refractivity contribution >= 4 is 35.0 Å². The maximum atomic E-state index is 11.8. The maximum Gasteiger partial charge on any atom is 0.232 e. The summed E-state index contributed by atoms with van der Waals surface area (Å²) in [5.74, 6) is 0.517. The van der Waals surface area contributed by atoms with Crippen LogP contribution in [0.5, 0.6) is 0 Å². The van der Waals surface area contributed by atoms with Gasteiger partial charge in [-0.1, -0.05) is 11.6 Å². The molecule has 0 aliphatic carbocycles. The van der Waals surface area contributed by atoms with Crippen molar-refractivity contribution in [1.29, 1.82) is 0 Å². The van der Waals surface area contributed by atoms with Crippen LogP contribution in [0.25, 0.3) is 0 Å². The molecule has 0 aromatic heterocycles. The highest BCUT2D eigenvalue weighted by molar-refractivity contribution is 8.00. The van der Waals surface area contributed by atoms with E-state index in [2.05, 4.69) is 0 Å². The number of nitrogens with zero attached hydrogens (tertiary/aromatic N) is 1. The van der Waals surface area contributed by atoms with Gasteiger partial charge in [0.25, 0.3) is 0 Å². The van der Waals surface area contributed by atoms with E-state index in [0.29, 0.717) is 16.5 Å². The first kappa shape index (κ1) is 14.2. The molecule has 0 aliphatic heterocycles. The Hall–Kier alpha value is -0.870. The van der Waals surface area contributed by atoms with Crippen molar-refractivity contribution < 1.29 is 4.79 Å². The lowest BCUT2D eigenvalue weighted by Gasteiger charge is -2.18. The molecular weight excluding hydrogens is 256 g/mol. The van der Waals surface area contributed by atoms with E-state index in [0.717, 1.165) is 18.0 Å². The second kappa shape index (κ2) is 6.77. The fourth-order valence-electron chi connectivity index (χ4n) is 1.44. The zero-order valence-corrected chi connectivity index (χ0v) is 11.6. The SMILES string of the molecule is CCN(CC)C(=O)CSc1cc(N)ccc1Cl. The topological polar surface area (TPSA) is 46.3 Å². The molecule has 0 aliphatic rings. The highest BCUT2D eigenvalue weighted by Gasteiger charge is 2.11. The van der Waals surface area contributed by atoms with Crippen molar-refractivity contribution in [1.82, 2.24) is 4.90 Å². The van der Waals surface area contributed by atoms with E-state index in [4.69, 9.17) is 17.3 Å². The lowest BCUT2D eigenvalue weighted by Crippen LogP contribution is -2.31. The van der Waals surface area contributed by atoms with Gasteiger partial charge in [0, 0.05) is 23.7 Å². The average Bonchev–Trinajstić information content (AvgIpc) is 2.32. The summed E-state index contributed by atoms with van der Waals surface area (Å²) in [7, 11) is 0. The van der Waals surface area contributed by atoms with Crippen molar-refractivity contribution in [3.05, 3.63) is 23.2 Å². The molecule has 0 fully saturated rings. The predicted molar refractivity (Wildman–Crippen MR) is 74.5 cm³/mol. The molecule has 0 heterocycles. The summed E-state index contributed by atoms with van der Waals surface area (Å²) in [6, 6.07) is 5.29. The number of halogens is 1. The summed E-state index contributed by atoms with van der Waals surface area (Å²) in [5.41, 5.74) is 6.34. The van der Waals surface area contributed by atoms with E-state index in [1.54, 1.807) is 23.1 Å². The molecule has 94 valence electrons. The molecule has 2 N–H and O–H groups in total. The number of benzene rings is 1. The van der Waals surface area contributed by atoms with E-state index >= 15 is 0 Å². The minimum absolute atomic E-state index is 0.124. The van der Waals surface area contributed by atoms with Gasteiger partial charge < -0.3 is 10.6 Å². The molecule has 1 aromatic carbocycles. The molecular formula is C12H17ClN2OS. The van der Waals surface area contributed by atoms with Crippen molar-refractivity contribution in [3.63, 3.8) is 0 Å². The number of hydrogen-bond acceptors (Lipinski definition) is 3. The highest BCUT2D eigenvalue weighted by Crippen LogP contribution is 2.29. The summed E-state index contributed by atoms with van der Waals surface area (Å²) in [6.45, 7) is 5.42. The van der Waals surface area contributed by atoms with E-state index in [-0.39, 0.29) is 5.91 Å². The summed E-state index contributed by atoms with van der Waals surface area (Å²) >= 11 is 7.45.